The Kier molecular flexibility index (Phi) is 10.5. The number of amides is 1. The van der Waals surface area contributed by atoms with Gasteiger partial charge in [-0.2, -0.15) is 0 Å². The number of pyridine rings is 2. The van der Waals surface area contributed by atoms with Crippen LogP contribution in [0, 0.1) is 0 Å². The second kappa shape index (κ2) is 14.9. The zero-order valence-corrected chi connectivity index (χ0v) is 28.3. The van der Waals surface area contributed by atoms with Crippen molar-refractivity contribution < 1.29 is 24.2 Å². The zero-order valence-electron chi connectivity index (χ0n) is 26.8. The maximum Gasteiger partial charge on any atom is 0.320 e. The number of hydrogen-bond acceptors (Lipinski definition) is 8. The molecule has 0 saturated carbocycles. The third-order valence-corrected chi connectivity index (χ3v) is 9.75. The monoisotopic (exact) mass is 689 g/mol. The van der Waals surface area contributed by atoms with Gasteiger partial charge in [-0.3, -0.25) is 19.5 Å². The lowest BCUT2D eigenvalue weighted by molar-refractivity contribution is -0.142. The summed E-state index contributed by atoms with van der Waals surface area (Å²) in [5, 5.41) is 16.9. The summed E-state index contributed by atoms with van der Waals surface area (Å²) in [6.45, 7) is 2.41. The SMILES string of the molecule is COc1cc(-c2nccc(-c3cccc(-c4ccc(CNC[C@@H]5CCC(=O)N5)c(OC)n4)c3Cl)c2Cl)ccc1CN1CCCC1C(=O)O. The van der Waals surface area contributed by atoms with Gasteiger partial charge in [0.25, 0.3) is 0 Å². The molecular formula is C36H37Cl2N5O5. The Morgan fingerprint density at radius 2 is 1.81 bits per heavy atom. The van der Waals surface area contributed by atoms with Crippen LogP contribution in [0.5, 0.6) is 11.6 Å². The maximum atomic E-state index is 11.7. The summed E-state index contributed by atoms with van der Waals surface area (Å²) in [5.41, 5.74) is 5.93. The molecule has 2 aromatic carbocycles. The summed E-state index contributed by atoms with van der Waals surface area (Å²) in [6, 6.07) is 16.8. The van der Waals surface area contributed by atoms with E-state index in [0.717, 1.165) is 47.2 Å². The largest absolute Gasteiger partial charge is 0.496 e. The molecule has 250 valence electrons. The van der Waals surface area contributed by atoms with Gasteiger partial charge in [0.1, 0.15) is 11.8 Å². The molecule has 12 heteroatoms. The Labute approximate surface area is 289 Å². The molecule has 2 fully saturated rings. The topological polar surface area (TPSA) is 126 Å². The van der Waals surface area contributed by atoms with Crippen LogP contribution < -0.4 is 20.1 Å². The van der Waals surface area contributed by atoms with E-state index in [9.17, 15) is 14.7 Å². The molecule has 0 radical (unpaired) electrons. The fourth-order valence-corrected chi connectivity index (χ4v) is 7.12. The molecule has 2 aromatic heterocycles. The molecule has 3 N–H and O–H groups in total. The van der Waals surface area contributed by atoms with Crippen molar-refractivity contribution in [2.45, 2.75) is 50.9 Å². The third-order valence-electron chi connectivity index (χ3n) is 8.96. The van der Waals surface area contributed by atoms with Crippen LogP contribution >= 0.6 is 23.2 Å². The number of likely N-dealkylation sites (tertiary alicyclic amines) is 1. The Bertz CT molecular complexity index is 1840. The number of methoxy groups -OCH3 is 2. The quantitative estimate of drug-likeness (QED) is 0.159. The minimum Gasteiger partial charge on any atom is -0.496 e. The first-order chi connectivity index (χ1) is 23.3. The van der Waals surface area contributed by atoms with Gasteiger partial charge in [-0.25, -0.2) is 4.98 Å². The molecular weight excluding hydrogens is 653 g/mol. The number of benzene rings is 2. The van der Waals surface area contributed by atoms with Crippen molar-refractivity contribution in [3.05, 3.63) is 82.0 Å². The Balaban J connectivity index is 1.24. The first-order valence-corrected chi connectivity index (χ1v) is 16.6. The van der Waals surface area contributed by atoms with Gasteiger partial charge in [0.15, 0.2) is 0 Å². The van der Waals surface area contributed by atoms with Crippen molar-refractivity contribution in [1.29, 1.82) is 0 Å². The van der Waals surface area contributed by atoms with Crippen molar-refractivity contribution >= 4 is 35.1 Å². The predicted molar refractivity (Wildman–Crippen MR) is 185 cm³/mol. The lowest BCUT2D eigenvalue weighted by atomic mass is 9.99. The van der Waals surface area contributed by atoms with Gasteiger partial charge in [-0.1, -0.05) is 59.6 Å². The average molecular weight is 691 g/mol. The Hall–Kier alpha value is -4.22. The molecule has 0 aliphatic carbocycles. The van der Waals surface area contributed by atoms with Gasteiger partial charge < -0.3 is 25.2 Å². The van der Waals surface area contributed by atoms with E-state index in [1.54, 1.807) is 20.4 Å². The van der Waals surface area contributed by atoms with Crippen LogP contribution in [-0.2, 0) is 22.7 Å². The van der Waals surface area contributed by atoms with Gasteiger partial charge >= 0.3 is 5.97 Å². The van der Waals surface area contributed by atoms with Gasteiger partial charge in [0.2, 0.25) is 11.8 Å². The summed E-state index contributed by atoms with van der Waals surface area (Å²) < 4.78 is 11.4. The molecule has 48 heavy (non-hydrogen) atoms. The molecule has 4 aromatic rings. The smallest absolute Gasteiger partial charge is 0.320 e. The van der Waals surface area contributed by atoms with E-state index in [1.165, 1.54) is 0 Å². The highest BCUT2D eigenvalue weighted by atomic mass is 35.5. The number of aliphatic carboxylic acids is 1. The second-order valence-electron chi connectivity index (χ2n) is 12.0. The van der Waals surface area contributed by atoms with Crippen LogP contribution in [0.1, 0.15) is 36.8 Å². The molecule has 2 atom stereocenters. The average Bonchev–Trinajstić information content (AvgIpc) is 3.74. The standard InChI is InChI=1S/C36H37Cl2N5O5/c1-47-30-17-21(8-9-23(30)20-43-16-4-7-29(43)36(45)46)34-33(38)26(14-15-40-34)25-5-3-6-27(32(25)37)28-12-10-22(35(42-28)48-2)18-39-19-24-11-13-31(44)41-24/h3,5-6,8-10,12,14-15,17,24,29,39H,4,7,11,13,16,18-20H2,1-2H3,(H,41,44)(H,45,46)/t24-,29?/m0/s1. The zero-order chi connectivity index (χ0) is 33.8. The number of nitrogens with zero attached hydrogens (tertiary/aromatic N) is 3. The van der Waals surface area contributed by atoms with Gasteiger partial charge in [-0.15, -0.1) is 0 Å². The first kappa shape index (κ1) is 33.7. The molecule has 2 saturated heterocycles. The van der Waals surface area contributed by atoms with Crippen LogP contribution in [0.25, 0.3) is 33.6 Å². The highest BCUT2D eigenvalue weighted by Gasteiger charge is 2.31. The molecule has 0 bridgehead atoms. The van der Waals surface area contributed by atoms with Crippen molar-refractivity contribution in [3.8, 4) is 45.3 Å². The fraction of sp³-hybridized carbons (Fsp3) is 0.333. The van der Waals surface area contributed by atoms with E-state index < -0.39 is 12.0 Å². The minimum atomic E-state index is -0.800. The minimum absolute atomic E-state index is 0.0922. The van der Waals surface area contributed by atoms with E-state index in [4.69, 9.17) is 37.7 Å². The number of carboxylic acids is 1. The number of aromatic nitrogens is 2. The Morgan fingerprint density at radius 1 is 1.02 bits per heavy atom. The summed E-state index contributed by atoms with van der Waals surface area (Å²) in [7, 11) is 3.19. The van der Waals surface area contributed by atoms with E-state index >= 15 is 0 Å². The van der Waals surface area contributed by atoms with Crippen LogP contribution in [0.15, 0.2) is 60.8 Å². The molecule has 2 aliphatic heterocycles. The van der Waals surface area contributed by atoms with E-state index in [2.05, 4.69) is 15.6 Å². The molecule has 10 nitrogen and oxygen atoms in total. The van der Waals surface area contributed by atoms with Gasteiger partial charge in [0, 0.05) is 71.7 Å². The summed E-state index contributed by atoms with van der Waals surface area (Å²) in [6.07, 6.45) is 4.58. The molecule has 0 spiro atoms. The lowest BCUT2D eigenvalue weighted by Gasteiger charge is -2.22. The fourth-order valence-electron chi connectivity index (χ4n) is 6.47. The van der Waals surface area contributed by atoms with Crippen molar-refractivity contribution in [2.75, 3.05) is 27.3 Å². The molecule has 6 rings (SSSR count). The van der Waals surface area contributed by atoms with Crippen molar-refractivity contribution in [3.63, 3.8) is 0 Å². The summed E-state index contributed by atoms with van der Waals surface area (Å²) in [4.78, 5) is 34.5. The number of hydrogen-bond donors (Lipinski definition) is 3. The maximum absolute atomic E-state index is 11.7. The Morgan fingerprint density at radius 3 is 2.56 bits per heavy atom. The number of rotatable bonds is 12. The number of carboxylic acid groups (broad SMARTS) is 1. The molecule has 4 heterocycles. The van der Waals surface area contributed by atoms with E-state index in [-0.39, 0.29) is 11.9 Å². The number of carbonyl (C=O) groups is 2. The van der Waals surface area contributed by atoms with E-state index in [1.807, 2.05) is 59.5 Å². The normalized spacial score (nSPS) is 17.8. The number of carbonyl (C=O) groups excluding carboxylic acids is 1. The molecule has 1 amide bonds. The third kappa shape index (κ3) is 7.12. The molecule has 1 unspecified atom stereocenters. The number of ether oxygens (including phenoxy) is 2. The lowest BCUT2D eigenvalue weighted by Crippen LogP contribution is -2.35. The summed E-state index contributed by atoms with van der Waals surface area (Å²) >= 11 is 14.1. The van der Waals surface area contributed by atoms with Crippen LogP contribution in [-0.4, -0.2) is 71.2 Å². The van der Waals surface area contributed by atoms with E-state index in [0.29, 0.717) is 71.1 Å². The highest BCUT2D eigenvalue weighted by molar-refractivity contribution is 6.39. The van der Waals surface area contributed by atoms with Crippen LogP contribution in [0.4, 0.5) is 0 Å². The van der Waals surface area contributed by atoms with Crippen LogP contribution in [0.3, 0.4) is 0 Å². The predicted octanol–water partition coefficient (Wildman–Crippen LogP) is 6.22. The van der Waals surface area contributed by atoms with Crippen LogP contribution in [0.2, 0.25) is 10.0 Å². The van der Waals surface area contributed by atoms with Gasteiger partial charge in [-0.05, 0) is 44.0 Å². The van der Waals surface area contributed by atoms with Crippen molar-refractivity contribution in [1.82, 2.24) is 25.5 Å². The van der Waals surface area contributed by atoms with Gasteiger partial charge in [0.05, 0.1) is 35.7 Å². The second-order valence-corrected chi connectivity index (χ2v) is 12.7. The van der Waals surface area contributed by atoms with Crippen molar-refractivity contribution in [2.24, 2.45) is 0 Å². The number of nitrogens with one attached hydrogen (secondary N) is 2. The summed E-state index contributed by atoms with van der Waals surface area (Å²) in [5.74, 6) is 0.415. The first-order valence-electron chi connectivity index (χ1n) is 15.9. The number of halogens is 2. The molecule has 2 aliphatic rings. The highest BCUT2D eigenvalue weighted by Crippen LogP contribution is 2.42.